The Bertz CT molecular complexity index is 1480. The number of carbonyl (C=O) groups is 2. The summed E-state index contributed by atoms with van der Waals surface area (Å²) in [6.45, 7) is 0.146. The van der Waals surface area contributed by atoms with Crippen molar-refractivity contribution in [3.63, 3.8) is 0 Å². The zero-order valence-corrected chi connectivity index (χ0v) is 20.7. The number of carbonyl (C=O) groups excluding carboxylic acids is 2. The minimum Gasteiger partial charge on any atom is -0.490 e. The summed E-state index contributed by atoms with van der Waals surface area (Å²) >= 11 is 0. The van der Waals surface area contributed by atoms with E-state index in [9.17, 15) is 18.4 Å². The number of hydrogen-bond acceptors (Lipinski definition) is 6. The fourth-order valence-corrected chi connectivity index (χ4v) is 4.68. The van der Waals surface area contributed by atoms with E-state index in [4.69, 9.17) is 10.00 Å². The second-order valence-electron chi connectivity index (χ2n) is 9.37. The third kappa shape index (κ3) is 5.13. The van der Waals surface area contributed by atoms with Gasteiger partial charge in [-0.05, 0) is 41.5 Å². The van der Waals surface area contributed by atoms with Crippen LogP contribution >= 0.6 is 0 Å². The molecule has 0 aliphatic carbocycles. The van der Waals surface area contributed by atoms with Crippen molar-refractivity contribution in [1.29, 1.82) is 5.26 Å². The van der Waals surface area contributed by atoms with Crippen LogP contribution in [0.4, 0.5) is 14.5 Å². The summed E-state index contributed by atoms with van der Waals surface area (Å²) in [6.07, 6.45) is 4.66. The van der Waals surface area contributed by atoms with E-state index in [1.54, 1.807) is 12.1 Å². The van der Waals surface area contributed by atoms with Crippen LogP contribution in [0.1, 0.15) is 27.9 Å². The van der Waals surface area contributed by atoms with Crippen molar-refractivity contribution in [2.45, 2.75) is 18.4 Å². The van der Waals surface area contributed by atoms with Crippen LogP contribution in [-0.2, 0) is 4.79 Å². The highest BCUT2D eigenvalue weighted by Crippen LogP contribution is 2.33. The van der Waals surface area contributed by atoms with E-state index >= 15 is 0 Å². The molecule has 5 rings (SSSR count). The molecular weight excluding hydrogens is 492 g/mol. The molecule has 2 aromatic carbocycles. The average Bonchev–Trinajstić information content (AvgIpc) is 3.24. The van der Waals surface area contributed by atoms with Crippen LogP contribution in [0, 0.1) is 11.3 Å². The van der Waals surface area contributed by atoms with Gasteiger partial charge in [-0.15, -0.1) is 0 Å². The number of hydrogen-bond donors (Lipinski definition) is 1. The third-order valence-electron chi connectivity index (χ3n) is 6.70. The molecule has 2 amide bonds. The molecule has 1 atom stereocenters. The third-order valence-corrected chi connectivity index (χ3v) is 6.70. The minimum absolute atomic E-state index is 0.298. The molecule has 1 saturated heterocycles. The fraction of sp³-hybridized carbons (Fsp3) is 0.286. The number of likely N-dealkylation sites (tertiary alicyclic amines) is 1. The standard InChI is InChI=1S/C28H25F2N5O3/c1-34-10-11-38-25-13-19(5-7-24(25)34)3-2-18-4-6-23-22(12-18)21(8-9-32-23)27(37)33-16-26(36)35-17-28(29,30)14-20(35)15-31/h2-9,12-13,20H,10-11,14,16-17H2,1H3,(H,33,37). The summed E-state index contributed by atoms with van der Waals surface area (Å²) in [5.74, 6) is -3.56. The first-order valence-corrected chi connectivity index (χ1v) is 12.1. The number of halogens is 2. The molecule has 1 fully saturated rings. The number of ether oxygens (including phenoxy) is 1. The van der Waals surface area contributed by atoms with Gasteiger partial charge in [-0.2, -0.15) is 5.26 Å². The smallest absolute Gasteiger partial charge is 0.268 e. The number of benzene rings is 2. The molecule has 38 heavy (non-hydrogen) atoms. The van der Waals surface area contributed by atoms with E-state index in [0.717, 1.165) is 34.0 Å². The lowest BCUT2D eigenvalue weighted by atomic mass is 10.0. The Morgan fingerprint density at radius 2 is 1.97 bits per heavy atom. The summed E-state index contributed by atoms with van der Waals surface area (Å²) in [7, 11) is 2.03. The van der Waals surface area contributed by atoms with Crippen LogP contribution in [0.15, 0.2) is 48.7 Å². The molecule has 2 aliphatic rings. The number of nitrogens with one attached hydrogen (secondary N) is 1. The zero-order valence-electron chi connectivity index (χ0n) is 20.7. The van der Waals surface area contributed by atoms with Crippen molar-refractivity contribution in [3.05, 3.63) is 65.4 Å². The van der Waals surface area contributed by atoms with Crippen molar-refractivity contribution < 1.29 is 23.1 Å². The summed E-state index contributed by atoms with van der Waals surface area (Å²) in [5, 5.41) is 12.2. The number of pyridine rings is 1. The number of nitriles is 1. The lowest BCUT2D eigenvalue weighted by Crippen LogP contribution is -2.43. The molecular formula is C28H25F2N5O3. The highest BCUT2D eigenvalue weighted by Gasteiger charge is 2.47. The Hall–Kier alpha value is -4.52. The summed E-state index contributed by atoms with van der Waals surface area (Å²) in [6, 6.07) is 13.6. The molecule has 0 radical (unpaired) electrons. The molecule has 10 heteroatoms. The minimum atomic E-state index is -3.12. The second-order valence-corrected chi connectivity index (χ2v) is 9.37. The van der Waals surface area contributed by atoms with Gasteiger partial charge in [0.05, 0.1) is 42.5 Å². The average molecular weight is 518 g/mol. The predicted octanol–water partition coefficient (Wildman–Crippen LogP) is 3.72. The summed E-state index contributed by atoms with van der Waals surface area (Å²) in [5.41, 5.74) is 3.73. The van der Waals surface area contributed by atoms with Gasteiger partial charge in [0.2, 0.25) is 5.91 Å². The zero-order chi connectivity index (χ0) is 26.9. The van der Waals surface area contributed by atoms with Crippen molar-refractivity contribution in [3.8, 4) is 11.8 Å². The molecule has 0 spiro atoms. The number of rotatable bonds is 5. The maximum absolute atomic E-state index is 13.7. The lowest BCUT2D eigenvalue weighted by Gasteiger charge is -2.27. The Morgan fingerprint density at radius 3 is 2.76 bits per heavy atom. The molecule has 3 aromatic rings. The Balaban J connectivity index is 1.32. The molecule has 1 unspecified atom stereocenters. The van der Waals surface area contributed by atoms with Crippen molar-refractivity contribution in [2.24, 2.45) is 0 Å². The number of fused-ring (bicyclic) bond motifs is 2. The van der Waals surface area contributed by atoms with Crippen molar-refractivity contribution in [1.82, 2.24) is 15.2 Å². The maximum Gasteiger partial charge on any atom is 0.268 e. The van der Waals surface area contributed by atoms with Crippen LogP contribution in [-0.4, -0.2) is 67.0 Å². The monoisotopic (exact) mass is 517 g/mol. The molecule has 0 bridgehead atoms. The van der Waals surface area contributed by atoms with Gasteiger partial charge in [0.1, 0.15) is 18.4 Å². The van der Waals surface area contributed by atoms with E-state index in [2.05, 4.69) is 15.2 Å². The first-order chi connectivity index (χ1) is 18.2. The molecule has 1 N–H and O–H groups in total. The Morgan fingerprint density at radius 1 is 1.21 bits per heavy atom. The number of alkyl halides is 2. The summed E-state index contributed by atoms with van der Waals surface area (Å²) in [4.78, 5) is 32.7. The van der Waals surface area contributed by atoms with Gasteiger partial charge >= 0.3 is 0 Å². The van der Waals surface area contributed by atoms with Crippen LogP contribution in [0.2, 0.25) is 0 Å². The van der Waals surface area contributed by atoms with Gasteiger partial charge in [0.25, 0.3) is 11.8 Å². The lowest BCUT2D eigenvalue weighted by molar-refractivity contribution is -0.131. The van der Waals surface area contributed by atoms with E-state index < -0.39 is 43.3 Å². The molecule has 3 heterocycles. The quantitative estimate of drug-likeness (QED) is 0.518. The first-order valence-electron chi connectivity index (χ1n) is 12.1. The van der Waals surface area contributed by atoms with Crippen molar-refractivity contribution in [2.75, 3.05) is 38.2 Å². The Kier molecular flexibility index (Phi) is 6.68. The van der Waals surface area contributed by atoms with Gasteiger partial charge in [-0.25, -0.2) is 8.78 Å². The van der Waals surface area contributed by atoms with Gasteiger partial charge < -0.3 is 19.9 Å². The first kappa shape index (κ1) is 25.1. The topological polar surface area (TPSA) is 98.6 Å². The summed E-state index contributed by atoms with van der Waals surface area (Å²) < 4.78 is 33.1. The van der Waals surface area contributed by atoms with E-state index in [1.807, 2.05) is 49.5 Å². The van der Waals surface area contributed by atoms with Gasteiger partial charge in [0, 0.05) is 25.1 Å². The van der Waals surface area contributed by atoms with Gasteiger partial charge in [-0.3, -0.25) is 14.6 Å². The number of amides is 2. The predicted molar refractivity (Wildman–Crippen MR) is 139 cm³/mol. The van der Waals surface area contributed by atoms with Crippen LogP contribution in [0.5, 0.6) is 5.75 Å². The fourth-order valence-electron chi connectivity index (χ4n) is 4.68. The highest BCUT2D eigenvalue weighted by molar-refractivity contribution is 6.07. The number of aromatic nitrogens is 1. The van der Waals surface area contributed by atoms with E-state index in [-0.39, 0.29) is 0 Å². The van der Waals surface area contributed by atoms with Crippen LogP contribution < -0.4 is 15.0 Å². The highest BCUT2D eigenvalue weighted by atomic mass is 19.3. The Labute approximate surface area is 218 Å². The van der Waals surface area contributed by atoms with E-state index in [1.165, 1.54) is 12.3 Å². The van der Waals surface area contributed by atoms with Gasteiger partial charge in [0.15, 0.2) is 0 Å². The number of nitrogens with zero attached hydrogens (tertiary/aromatic N) is 4. The van der Waals surface area contributed by atoms with E-state index in [0.29, 0.717) is 23.1 Å². The molecule has 0 saturated carbocycles. The SMILES string of the molecule is CN1CCOc2cc(C=Cc3ccc4nccc(C(=O)NCC(=O)N5CC(F)(F)CC5C#N)c4c3)ccc21. The maximum atomic E-state index is 13.7. The van der Waals surface area contributed by atoms with Gasteiger partial charge in [-0.1, -0.05) is 24.3 Å². The van der Waals surface area contributed by atoms with Crippen LogP contribution in [0.3, 0.4) is 0 Å². The largest absolute Gasteiger partial charge is 0.490 e. The van der Waals surface area contributed by atoms with Crippen LogP contribution in [0.25, 0.3) is 23.1 Å². The second kappa shape index (κ2) is 10.1. The van der Waals surface area contributed by atoms with Crippen molar-refractivity contribution >= 4 is 40.6 Å². The molecule has 1 aromatic heterocycles. The normalized spacial score (nSPS) is 18.2. The molecule has 194 valence electrons. The number of likely N-dealkylation sites (N-methyl/N-ethyl adjacent to an activating group) is 1. The number of anilines is 1. The molecule has 2 aliphatic heterocycles. The molecule has 8 nitrogen and oxygen atoms in total.